The second-order valence-electron chi connectivity index (χ2n) is 8.67. The molecule has 0 spiro atoms. The van der Waals surface area contributed by atoms with Crippen LogP contribution < -0.4 is 11.2 Å². The highest BCUT2D eigenvalue weighted by atomic mass is 16.4. The molecule has 1 saturated heterocycles. The highest BCUT2D eigenvalue weighted by Crippen LogP contribution is 2.35. The summed E-state index contributed by atoms with van der Waals surface area (Å²) in [6.45, 7) is 3.73. The molecular weight excluding hydrogens is 396 g/mol. The quantitative estimate of drug-likeness (QED) is 0.658. The van der Waals surface area contributed by atoms with E-state index in [9.17, 15) is 19.5 Å². The van der Waals surface area contributed by atoms with Crippen LogP contribution in [-0.2, 0) is 17.8 Å². The molecule has 7 heteroatoms. The molecule has 1 fully saturated rings. The van der Waals surface area contributed by atoms with E-state index in [-0.39, 0.29) is 35.5 Å². The molecule has 1 aromatic carbocycles. The normalized spacial score (nSPS) is 20.0. The Morgan fingerprint density at radius 3 is 2.84 bits per heavy atom. The predicted octanol–water partition coefficient (Wildman–Crippen LogP) is 2.55. The third-order valence-electron chi connectivity index (χ3n) is 6.69. The monoisotopic (exact) mass is 420 g/mol. The number of phenolic OH excluding ortho intramolecular Hbond substituents is 1. The van der Waals surface area contributed by atoms with E-state index in [4.69, 9.17) is 4.42 Å². The molecule has 2 aromatic heterocycles. The minimum absolute atomic E-state index is 0.0195. The summed E-state index contributed by atoms with van der Waals surface area (Å²) in [6.07, 6.45) is 1.54. The molecule has 31 heavy (non-hydrogen) atoms. The molecule has 5 rings (SSSR count). The second kappa shape index (κ2) is 7.41. The number of nitrogens with zero attached hydrogens (tertiary/aromatic N) is 2. The zero-order valence-corrected chi connectivity index (χ0v) is 17.3. The Morgan fingerprint density at radius 1 is 1.16 bits per heavy atom. The third kappa shape index (κ3) is 3.44. The summed E-state index contributed by atoms with van der Waals surface area (Å²) >= 11 is 0. The Morgan fingerprint density at radius 2 is 2.00 bits per heavy atom. The first kappa shape index (κ1) is 19.6. The van der Waals surface area contributed by atoms with Gasteiger partial charge in [-0.3, -0.25) is 9.59 Å². The first-order chi connectivity index (χ1) is 14.9. The number of piperidine rings is 1. The number of benzene rings is 1. The molecule has 4 heterocycles. The van der Waals surface area contributed by atoms with Crippen molar-refractivity contribution in [2.45, 2.75) is 38.6 Å². The van der Waals surface area contributed by atoms with Gasteiger partial charge in [-0.05, 0) is 49.4 Å². The summed E-state index contributed by atoms with van der Waals surface area (Å²) in [5.74, 6) is 0.504. The fourth-order valence-corrected chi connectivity index (χ4v) is 5.16. The van der Waals surface area contributed by atoms with E-state index in [1.165, 1.54) is 6.07 Å². The number of hydrogen-bond donors (Lipinski definition) is 1. The van der Waals surface area contributed by atoms with Crippen LogP contribution in [0.25, 0.3) is 11.0 Å². The van der Waals surface area contributed by atoms with Gasteiger partial charge in [0.05, 0.1) is 0 Å². The number of phenols is 1. The van der Waals surface area contributed by atoms with Crippen molar-refractivity contribution < 1.29 is 14.3 Å². The van der Waals surface area contributed by atoms with Crippen molar-refractivity contribution in [1.82, 2.24) is 9.47 Å². The maximum atomic E-state index is 13.0. The number of hydrogen-bond acceptors (Lipinski definition) is 5. The molecule has 0 radical (unpaired) electrons. The maximum Gasteiger partial charge on any atom is 0.339 e. The van der Waals surface area contributed by atoms with Gasteiger partial charge < -0.3 is 19.0 Å². The lowest BCUT2D eigenvalue weighted by Crippen LogP contribution is -2.49. The summed E-state index contributed by atoms with van der Waals surface area (Å²) in [6, 6.07) is 10.1. The van der Waals surface area contributed by atoms with Crippen LogP contribution in [0.15, 0.2) is 50.4 Å². The van der Waals surface area contributed by atoms with Gasteiger partial charge in [-0.2, -0.15) is 0 Å². The average molecular weight is 420 g/mol. The van der Waals surface area contributed by atoms with E-state index in [2.05, 4.69) is 0 Å². The molecule has 2 aliphatic rings. The van der Waals surface area contributed by atoms with Gasteiger partial charge in [0.2, 0.25) is 5.91 Å². The van der Waals surface area contributed by atoms with Gasteiger partial charge in [-0.1, -0.05) is 6.07 Å². The standard InChI is InChI=1S/C24H24N2O5/c1-14-18-6-5-17(27)10-21(18)31-24(30)19(14)7-8-22(28)25-11-15-9-16(13-25)20-3-2-4-23(29)26(20)12-15/h2-6,10,15-16,27H,7-9,11-13H2,1H3/t15-,16+/m1/s1. The van der Waals surface area contributed by atoms with Gasteiger partial charge in [-0.25, -0.2) is 4.79 Å². The Bertz CT molecular complexity index is 1310. The minimum atomic E-state index is -0.466. The number of amides is 1. The number of likely N-dealkylation sites (tertiary alicyclic amines) is 1. The van der Waals surface area contributed by atoms with E-state index in [0.717, 1.165) is 23.1 Å². The van der Waals surface area contributed by atoms with Crippen molar-refractivity contribution in [3.05, 3.63) is 74.0 Å². The van der Waals surface area contributed by atoms with Crippen molar-refractivity contribution in [2.75, 3.05) is 13.1 Å². The maximum absolute atomic E-state index is 13.0. The zero-order chi connectivity index (χ0) is 21.7. The number of pyridine rings is 1. The van der Waals surface area contributed by atoms with Gasteiger partial charge in [0, 0.05) is 60.7 Å². The van der Waals surface area contributed by atoms with Gasteiger partial charge in [0.25, 0.3) is 5.56 Å². The lowest BCUT2D eigenvalue weighted by Gasteiger charge is -2.42. The van der Waals surface area contributed by atoms with Gasteiger partial charge in [0.15, 0.2) is 0 Å². The average Bonchev–Trinajstić information content (AvgIpc) is 2.74. The lowest BCUT2D eigenvalue weighted by atomic mass is 9.83. The van der Waals surface area contributed by atoms with E-state index in [0.29, 0.717) is 37.2 Å². The fourth-order valence-electron chi connectivity index (χ4n) is 5.16. The van der Waals surface area contributed by atoms with Gasteiger partial charge in [-0.15, -0.1) is 0 Å². The zero-order valence-electron chi connectivity index (χ0n) is 17.3. The Balaban J connectivity index is 1.34. The van der Waals surface area contributed by atoms with Crippen molar-refractivity contribution >= 4 is 16.9 Å². The first-order valence-electron chi connectivity index (χ1n) is 10.6. The molecular formula is C24H24N2O5. The van der Waals surface area contributed by atoms with Crippen LogP contribution in [0.2, 0.25) is 0 Å². The summed E-state index contributed by atoms with van der Waals surface area (Å²) in [4.78, 5) is 39.5. The minimum Gasteiger partial charge on any atom is -0.508 e. The SMILES string of the molecule is Cc1c(CCC(=O)N2C[C@H]3C[C@@H](C2)c2cccc(=O)n2C3)c(=O)oc2cc(O)ccc12. The molecule has 1 N–H and O–H groups in total. The lowest BCUT2D eigenvalue weighted by molar-refractivity contribution is -0.133. The molecule has 2 atom stereocenters. The molecule has 7 nitrogen and oxygen atoms in total. The molecule has 3 aromatic rings. The highest BCUT2D eigenvalue weighted by molar-refractivity contribution is 5.82. The van der Waals surface area contributed by atoms with E-state index < -0.39 is 5.63 Å². The van der Waals surface area contributed by atoms with Crippen molar-refractivity contribution in [3.63, 3.8) is 0 Å². The molecule has 160 valence electrons. The Hall–Kier alpha value is -3.35. The number of carbonyl (C=O) groups is 1. The summed E-state index contributed by atoms with van der Waals surface area (Å²) in [7, 11) is 0. The number of carbonyl (C=O) groups excluding carboxylic acids is 1. The fraction of sp³-hybridized carbons (Fsp3) is 0.375. The topological polar surface area (TPSA) is 92.8 Å². The Kier molecular flexibility index (Phi) is 4.68. The van der Waals surface area contributed by atoms with Gasteiger partial charge in [0.1, 0.15) is 11.3 Å². The van der Waals surface area contributed by atoms with Crippen LogP contribution >= 0.6 is 0 Å². The second-order valence-corrected chi connectivity index (χ2v) is 8.67. The smallest absolute Gasteiger partial charge is 0.339 e. The van der Waals surface area contributed by atoms with Crippen LogP contribution in [0.3, 0.4) is 0 Å². The largest absolute Gasteiger partial charge is 0.508 e. The Labute approximate surface area is 178 Å². The van der Waals surface area contributed by atoms with Crippen LogP contribution in [0, 0.1) is 12.8 Å². The number of aryl methyl sites for hydroxylation is 1. The summed E-state index contributed by atoms with van der Waals surface area (Å²) < 4.78 is 7.22. The summed E-state index contributed by atoms with van der Waals surface area (Å²) in [5.41, 5.74) is 2.19. The predicted molar refractivity (Wildman–Crippen MR) is 115 cm³/mol. The number of aromatic hydroxyl groups is 1. The van der Waals surface area contributed by atoms with Crippen molar-refractivity contribution in [3.8, 4) is 5.75 Å². The highest BCUT2D eigenvalue weighted by Gasteiger charge is 2.36. The van der Waals surface area contributed by atoms with Crippen LogP contribution in [0.5, 0.6) is 5.75 Å². The number of aromatic nitrogens is 1. The first-order valence-corrected chi connectivity index (χ1v) is 10.6. The summed E-state index contributed by atoms with van der Waals surface area (Å²) in [5, 5.41) is 10.4. The van der Waals surface area contributed by atoms with Crippen molar-refractivity contribution in [2.24, 2.45) is 5.92 Å². The van der Waals surface area contributed by atoms with E-state index in [1.807, 2.05) is 22.5 Å². The molecule has 0 aliphatic carbocycles. The molecule has 0 unspecified atom stereocenters. The van der Waals surface area contributed by atoms with E-state index in [1.54, 1.807) is 24.3 Å². The van der Waals surface area contributed by atoms with Gasteiger partial charge >= 0.3 is 5.63 Å². The van der Waals surface area contributed by atoms with Crippen LogP contribution in [0.4, 0.5) is 0 Å². The van der Waals surface area contributed by atoms with E-state index >= 15 is 0 Å². The molecule has 2 aliphatic heterocycles. The van der Waals surface area contributed by atoms with Crippen LogP contribution in [0.1, 0.15) is 35.6 Å². The third-order valence-corrected chi connectivity index (χ3v) is 6.69. The number of rotatable bonds is 3. The van der Waals surface area contributed by atoms with Crippen molar-refractivity contribution in [1.29, 1.82) is 0 Å². The van der Waals surface area contributed by atoms with Crippen LogP contribution in [-0.4, -0.2) is 33.6 Å². The molecule has 1 amide bonds. The molecule has 0 saturated carbocycles. The molecule has 2 bridgehead atoms. The number of fused-ring (bicyclic) bond motifs is 5.